The van der Waals surface area contributed by atoms with Crippen LogP contribution in [0.2, 0.25) is 0 Å². The van der Waals surface area contributed by atoms with Crippen LogP contribution in [0.5, 0.6) is 0 Å². The second kappa shape index (κ2) is 8.13. The molecule has 1 aliphatic carbocycles. The lowest BCUT2D eigenvalue weighted by Gasteiger charge is -2.11. The Morgan fingerprint density at radius 2 is 2.11 bits per heavy atom. The molecule has 1 fully saturated rings. The van der Waals surface area contributed by atoms with Crippen molar-refractivity contribution in [1.29, 1.82) is 0 Å². The van der Waals surface area contributed by atoms with Gasteiger partial charge in [-0.3, -0.25) is 0 Å². The van der Waals surface area contributed by atoms with Crippen LogP contribution in [0.1, 0.15) is 38.2 Å². The first-order chi connectivity index (χ1) is 9.34. The summed E-state index contributed by atoms with van der Waals surface area (Å²) in [6, 6.07) is 11.2. The third-order valence-corrected chi connectivity index (χ3v) is 3.38. The van der Waals surface area contributed by atoms with Gasteiger partial charge in [-0.1, -0.05) is 42.5 Å². The lowest BCUT2D eigenvalue weighted by molar-refractivity contribution is 0.0806. The Labute approximate surface area is 116 Å². The lowest BCUT2D eigenvalue weighted by Crippen LogP contribution is -2.19. The molecule has 0 aliphatic heterocycles. The van der Waals surface area contributed by atoms with E-state index >= 15 is 0 Å². The minimum atomic E-state index is 0.349. The summed E-state index contributed by atoms with van der Waals surface area (Å²) in [5.41, 5.74) is 1.23. The summed E-state index contributed by atoms with van der Waals surface area (Å²) in [4.78, 5) is 0. The average molecular weight is 259 g/mol. The average Bonchev–Trinajstić information content (AvgIpc) is 3.25. The predicted octanol–water partition coefficient (Wildman–Crippen LogP) is 3.64. The van der Waals surface area contributed by atoms with Gasteiger partial charge in [0.05, 0.1) is 12.7 Å². The molecule has 2 heteroatoms. The van der Waals surface area contributed by atoms with Gasteiger partial charge in [0.1, 0.15) is 0 Å². The van der Waals surface area contributed by atoms with Gasteiger partial charge in [-0.2, -0.15) is 0 Å². The fraction of sp³-hybridized carbons (Fsp3) is 0.529. The number of benzene rings is 1. The maximum atomic E-state index is 5.77. The van der Waals surface area contributed by atoms with E-state index in [1.54, 1.807) is 0 Å². The molecule has 0 spiro atoms. The highest BCUT2D eigenvalue weighted by atomic mass is 16.5. The predicted molar refractivity (Wildman–Crippen MR) is 81.1 cm³/mol. The maximum absolute atomic E-state index is 5.77. The first-order valence-corrected chi connectivity index (χ1v) is 7.41. The standard InChI is InChI=1S/C17H25NO/c1-15(7-5-13-18-17-11-12-17)19-14-6-10-16-8-3-2-4-9-16/h2-4,6,8-10,15,17-18H,5,7,11-14H2,1H3. The van der Waals surface area contributed by atoms with E-state index in [9.17, 15) is 0 Å². The molecule has 2 nitrogen and oxygen atoms in total. The van der Waals surface area contributed by atoms with E-state index in [-0.39, 0.29) is 0 Å². The molecule has 104 valence electrons. The highest BCUT2D eigenvalue weighted by Gasteiger charge is 2.19. The van der Waals surface area contributed by atoms with E-state index < -0.39 is 0 Å². The normalized spacial score (nSPS) is 16.9. The Kier molecular flexibility index (Phi) is 6.12. The second-order valence-electron chi connectivity index (χ2n) is 5.33. The Hall–Kier alpha value is -1.12. The zero-order chi connectivity index (χ0) is 13.3. The van der Waals surface area contributed by atoms with Gasteiger partial charge < -0.3 is 10.1 Å². The van der Waals surface area contributed by atoms with Crippen LogP contribution in [-0.2, 0) is 4.74 Å². The van der Waals surface area contributed by atoms with Crippen molar-refractivity contribution in [1.82, 2.24) is 5.32 Å². The topological polar surface area (TPSA) is 21.3 Å². The van der Waals surface area contributed by atoms with E-state index in [1.165, 1.54) is 24.8 Å². The van der Waals surface area contributed by atoms with Crippen LogP contribution in [-0.4, -0.2) is 25.3 Å². The van der Waals surface area contributed by atoms with Crippen LogP contribution < -0.4 is 5.32 Å². The van der Waals surface area contributed by atoms with Gasteiger partial charge in [0.2, 0.25) is 0 Å². The van der Waals surface area contributed by atoms with Crippen molar-refractivity contribution < 1.29 is 4.74 Å². The van der Waals surface area contributed by atoms with Crippen molar-refractivity contribution in [2.24, 2.45) is 0 Å². The van der Waals surface area contributed by atoms with Crippen molar-refractivity contribution in [2.75, 3.05) is 13.2 Å². The van der Waals surface area contributed by atoms with E-state index in [0.29, 0.717) is 12.7 Å². The van der Waals surface area contributed by atoms with Crippen molar-refractivity contribution in [3.8, 4) is 0 Å². The summed E-state index contributed by atoms with van der Waals surface area (Å²) in [6.45, 7) is 4.00. The molecule has 1 N–H and O–H groups in total. The monoisotopic (exact) mass is 259 g/mol. The highest BCUT2D eigenvalue weighted by Crippen LogP contribution is 2.18. The number of hydrogen-bond acceptors (Lipinski definition) is 2. The van der Waals surface area contributed by atoms with Crippen LogP contribution in [0.3, 0.4) is 0 Å². The highest BCUT2D eigenvalue weighted by molar-refractivity contribution is 5.48. The molecule has 19 heavy (non-hydrogen) atoms. The number of hydrogen-bond donors (Lipinski definition) is 1. The number of rotatable bonds is 9. The first kappa shape index (κ1) is 14.3. The van der Waals surface area contributed by atoms with Gasteiger partial charge in [0.25, 0.3) is 0 Å². The van der Waals surface area contributed by atoms with Gasteiger partial charge in [-0.15, -0.1) is 0 Å². The fourth-order valence-corrected chi connectivity index (χ4v) is 2.03. The summed E-state index contributed by atoms with van der Waals surface area (Å²) in [5.74, 6) is 0. The molecule has 1 saturated carbocycles. The molecule has 1 unspecified atom stereocenters. The zero-order valence-corrected chi connectivity index (χ0v) is 11.8. The molecular weight excluding hydrogens is 234 g/mol. The van der Waals surface area contributed by atoms with Crippen LogP contribution in [0.25, 0.3) is 6.08 Å². The Morgan fingerprint density at radius 3 is 2.84 bits per heavy atom. The van der Waals surface area contributed by atoms with E-state index in [2.05, 4.69) is 48.7 Å². The Morgan fingerprint density at radius 1 is 1.32 bits per heavy atom. The Balaban J connectivity index is 1.50. The van der Waals surface area contributed by atoms with E-state index in [1.807, 2.05) is 6.07 Å². The summed E-state index contributed by atoms with van der Waals surface area (Å²) in [5, 5.41) is 3.53. The molecule has 0 amide bonds. The van der Waals surface area contributed by atoms with Crippen LogP contribution in [0, 0.1) is 0 Å². The number of ether oxygens (including phenoxy) is 1. The van der Waals surface area contributed by atoms with Crippen molar-refractivity contribution in [3.05, 3.63) is 42.0 Å². The molecule has 1 aliphatic rings. The van der Waals surface area contributed by atoms with Gasteiger partial charge in [-0.25, -0.2) is 0 Å². The molecule has 0 saturated heterocycles. The lowest BCUT2D eigenvalue weighted by atomic mass is 10.2. The largest absolute Gasteiger partial charge is 0.374 e. The zero-order valence-electron chi connectivity index (χ0n) is 11.8. The fourth-order valence-electron chi connectivity index (χ4n) is 2.03. The first-order valence-electron chi connectivity index (χ1n) is 7.41. The molecular formula is C17H25NO. The molecule has 0 radical (unpaired) electrons. The van der Waals surface area contributed by atoms with Crippen molar-refractivity contribution in [2.45, 2.75) is 44.8 Å². The molecule has 0 bridgehead atoms. The maximum Gasteiger partial charge on any atom is 0.0654 e. The van der Waals surface area contributed by atoms with Crippen molar-refractivity contribution in [3.63, 3.8) is 0 Å². The van der Waals surface area contributed by atoms with Crippen LogP contribution in [0.15, 0.2) is 36.4 Å². The second-order valence-corrected chi connectivity index (χ2v) is 5.33. The van der Waals surface area contributed by atoms with Gasteiger partial charge >= 0.3 is 0 Å². The Bertz CT molecular complexity index is 370. The summed E-state index contributed by atoms with van der Waals surface area (Å²) in [7, 11) is 0. The smallest absolute Gasteiger partial charge is 0.0654 e. The molecule has 1 aromatic carbocycles. The summed E-state index contributed by atoms with van der Waals surface area (Å²) < 4.78 is 5.77. The quantitative estimate of drug-likeness (QED) is 0.684. The molecule has 0 heterocycles. The molecule has 1 aromatic rings. The summed E-state index contributed by atoms with van der Waals surface area (Å²) in [6.07, 6.45) is 9.64. The third kappa shape index (κ3) is 6.55. The minimum Gasteiger partial charge on any atom is -0.374 e. The molecule has 1 atom stereocenters. The van der Waals surface area contributed by atoms with Gasteiger partial charge in [-0.05, 0) is 44.7 Å². The number of nitrogens with one attached hydrogen (secondary N) is 1. The molecule has 0 aromatic heterocycles. The van der Waals surface area contributed by atoms with E-state index in [4.69, 9.17) is 4.74 Å². The molecule has 2 rings (SSSR count). The van der Waals surface area contributed by atoms with Crippen LogP contribution in [0.4, 0.5) is 0 Å². The van der Waals surface area contributed by atoms with Gasteiger partial charge in [0, 0.05) is 6.04 Å². The van der Waals surface area contributed by atoms with Crippen LogP contribution >= 0.6 is 0 Å². The summed E-state index contributed by atoms with van der Waals surface area (Å²) >= 11 is 0. The SMILES string of the molecule is CC(CCCNC1CC1)OCC=Cc1ccccc1. The van der Waals surface area contributed by atoms with Crippen molar-refractivity contribution >= 4 is 6.08 Å². The van der Waals surface area contributed by atoms with Gasteiger partial charge in [0.15, 0.2) is 0 Å². The van der Waals surface area contributed by atoms with E-state index in [0.717, 1.165) is 19.0 Å². The minimum absolute atomic E-state index is 0.349. The third-order valence-electron chi connectivity index (χ3n) is 3.38.